The Kier molecular flexibility index (Phi) is 5.18. The van der Waals surface area contributed by atoms with Crippen LogP contribution in [0.1, 0.15) is 28.8 Å². The molecule has 1 fully saturated rings. The first-order valence-corrected chi connectivity index (χ1v) is 10.2. The van der Waals surface area contributed by atoms with Gasteiger partial charge in [-0.05, 0) is 43.0 Å². The largest absolute Gasteiger partial charge is 0.439 e. The van der Waals surface area contributed by atoms with Crippen LogP contribution in [-0.4, -0.2) is 37.2 Å². The molecule has 154 valence electrons. The fourth-order valence-corrected chi connectivity index (χ4v) is 3.29. The number of aromatic nitrogens is 5. The Morgan fingerprint density at radius 3 is 2.65 bits per heavy atom. The van der Waals surface area contributed by atoms with Crippen molar-refractivity contribution >= 4 is 22.8 Å². The van der Waals surface area contributed by atoms with Crippen molar-refractivity contribution in [3.63, 3.8) is 0 Å². The molecule has 8 nitrogen and oxygen atoms in total. The van der Waals surface area contributed by atoms with E-state index in [2.05, 4.69) is 30.2 Å². The van der Waals surface area contributed by atoms with Crippen LogP contribution >= 0.6 is 0 Å². The predicted molar refractivity (Wildman–Crippen MR) is 115 cm³/mol. The summed E-state index contributed by atoms with van der Waals surface area (Å²) in [5, 5.41) is 3.29. The highest BCUT2D eigenvalue weighted by molar-refractivity contribution is 5.99. The third-order valence-corrected chi connectivity index (χ3v) is 5.09. The van der Waals surface area contributed by atoms with Gasteiger partial charge in [-0.3, -0.25) is 4.79 Å². The highest BCUT2D eigenvalue weighted by atomic mass is 16.5. The second kappa shape index (κ2) is 8.43. The molecule has 1 aliphatic carbocycles. The van der Waals surface area contributed by atoms with Crippen LogP contribution in [0.5, 0.6) is 11.6 Å². The van der Waals surface area contributed by atoms with Crippen molar-refractivity contribution in [2.24, 2.45) is 5.92 Å². The van der Waals surface area contributed by atoms with Gasteiger partial charge in [-0.15, -0.1) is 0 Å². The van der Waals surface area contributed by atoms with E-state index in [0.717, 1.165) is 24.8 Å². The lowest BCUT2D eigenvalue weighted by atomic mass is 10.1. The van der Waals surface area contributed by atoms with Crippen LogP contribution in [-0.2, 0) is 6.42 Å². The number of ether oxygens (including phenoxy) is 1. The van der Waals surface area contributed by atoms with Gasteiger partial charge in [0.15, 0.2) is 17.2 Å². The summed E-state index contributed by atoms with van der Waals surface area (Å²) < 4.78 is 5.84. The van der Waals surface area contributed by atoms with E-state index in [1.807, 2.05) is 24.3 Å². The van der Waals surface area contributed by atoms with Crippen LogP contribution < -0.4 is 10.1 Å². The number of nitrogens with zero attached hydrogens (tertiary/aromatic N) is 5. The molecule has 3 aromatic heterocycles. The van der Waals surface area contributed by atoms with Gasteiger partial charge in [-0.2, -0.15) is 0 Å². The average molecular weight is 412 g/mol. The Morgan fingerprint density at radius 2 is 1.81 bits per heavy atom. The molecule has 0 unspecified atom stereocenters. The highest BCUT2D eigenvalue weighted by Crippen LogP contribution is 2.33. The number of fused-ring (bicyclic) bond motifs is 1. The summed E-state index contributed by atoms with van der Waals surface area (Å²) in [4.78, 5) is 33.3. The monoisotopic (exact) mass is 412 g/mol. The van der Waals surface area contributed by atoms with Gasteiger partial charge in [-0.1, -0.05) is 12.1 Å². The number of nitrogens with one attached hydrogen (secondary N) is 1. The maximum atomic E-state index is 12.2. The number of Topliss-reactive ketones (excluding diaryl/α,β-unsaturated/α-hetero) is 1. The normalized spacial score (nSPS) is 13.2. The van der Waals surface area contributed by atoms with E-state index < -0.39 is 0 Å². The standard InChI is InChI=1S/C23H20N6O2/c30-21(16-3-4-16)17-8-10-24-19(13-17)31-18-5-1-15(2-6-18)7-9-26-22-20-23(29-14-28-22)27-12-11-25-20/h1-2,5-6,8,10-14,16H,3-4,7,9H2,(H,26,27,28,29). The molecule has 0 radical (unpaired) electrons. The lowest BCUT2D eigenvalue weighted by Gasteiger charge is -2.09. The number of carbonyl (C=O) groups excluding carboxylic acids is 1. The van der Waals surface area contributed by atoms with Crippen LogP contribution in [0, 0.1) is 5.92 Å². The number of anilines is 1. The summed E-state index contributed by atoms with van der Waals surface area (Å²) in [5.41, 5.74) is 3.04. The SMILES string of the molecule is O=C(c1ccnc(Oc2ccc(CCNc3ncnc4nccnc34)cc2)c1)C1CC1. The molecule has 0 aliphatic heterocycles. The summed E-state index contributed by atoms with van der Waals surface area (Å²) in [6.45, 7) is 0.690. The second-order valence-corrected chi connectivity index (χ2v) is 7.39. The zero-order valence-electron chi connectivity index (χ0n) is 16.7. The molecule has 5 rings (SSSR count). The Bertz CT molecular complexity index is 1220. The predicted octanol–water partition coefficient (Wildman–Crippen LogP) is 3.85. The summed E-state index contributed by atoms with van der Waals surface area (Å²) in [5.74, 6) is 2.13. The van der Waals surface area contributed by atoms with Gasteiger partial charge in [0.25, 0.3) is 0 Å². The highest BCUT2D eigenvalue weighted by Gasteiger charge is 2.30. The minimum Gasteiger partial charge on any atom is -0.439 e. The maximum Gasteiger partial charge on any atom is 0.219 e. The van der Waals surface area contributed by atoms with Crippen molar-refractivity contribution < 1.29 is 9.53 Å². The van der Waals surface area contributed by atoms with Crippen LogP contribution in [0.25, 0.3) is 11.2 Å². The summed E-state index contributed by atoms with van der Waals surface area (Å²) in [6.07, 6.45) is 9.10. The van der Waals surface area contributed by atoms with E-state index in [-0.39, 0.29) is 11.7 Å². The minimum atomic E-state index is 0.176. The Hall–Kier alpha value is -3.94. The quantitative estimate of drug-likeness (QED) is 0.435. The van der Waals surface area contributed by atoms with Gasteiger partial charge in [0, 0.05) is 42.7 Å². The molecule has 8 heteroatoms. The molecular formula is C23H20N6O2. The van der Waals surface area contributed by atoms with Gasteiger partial charge in [0.05, 0.1) is 0 Å². The summed E-state index contributed by atoms with van der Waals surface area (Å²) in [6, 6.07) is 11.3. The van der Waals surface area contributed by atoms with Crippen molar-refractivity contribution in [3.05, 3.63) is 72.4 Å². The third-order valence-electron chi connectivity index (χ3n) is 5.09. The van der Waals surface area contributed by atoms with Crippen molar-refractivity contribution in [2.45, 2.75) is 19.3 Å². The molecule has 1 aliphatic rings. The first-order chi connectivity index (χ1) is 15.3. The van der Waals surface area contributed by atoms with Gasteiger partial charge < -0.3 is 10.1 Å². The maximum absolute atomic E-state index is 12.2. The van der Waals surface area contributed by atoms with E-state index in [4.69, 9.17) is 4.74 Å². The Labute approximate surface area is 178 Å². The number of hydrogen-bond donors (Lipinski definition) is 1. The molecule has 1 N–H and O–H groups in total. The van der Waals surface area contributed by atoms with E-state index in [0.29, 0.717) is 40.7 Å². The molecular weight excluding hydrogens is 392 g/mol. The van der Waals surface area contributed by atoms with Crippen molar-refractivity contribution in [3.8, 4) is 11.6 Å². The lowest BCUT2D eigenvalue weighted by Crippen LogP contribution is -2.08. The topological polar surface area (TPSA) is 103 Å². The van der Waals surface area contributed by atoms with Crippen molar-refractivity contribution in [1.29, 1.82) is 0 Å². The van der Waals surface area contributed by atoms with Crippen molar-refractivity contribution in [2.75, 3.05) is 11.9 Å². The van der Waals surface area contributed by atoms with Crippen LogP contribution in [0.3, 0.4) is 0 Å². The minimum absolute atomic E-state index is 0.176. The van der Waals surface area contributed by atoms with Gasteiger partial charge in [0.1, 0.15) is 17.6 Å². The molecule has 1 saturated carbocycles. The fourth-order valence-electron chi connectivity index (χ4n) is 3.29. The van der Waals surface area contributed by atoms with Crippen LogP contribution in [0.4, 0.5) is 5.82 Å². The molecule has 1 aromatic carbocycles. The van der Waals surface area contributed by atoms with E-state index in [1.165, 1.54) is 6.33 Å². The van der Waals surface area contributed by atoms with Crippen LogP contribution in [0.2, 0.25) is 0 Å². The smallest absolute Gasteiger partial charge is 0.219 e. The van der Waals surface area contributed by atoms with E-state index in [9.17, 15) is 4.79 Å². The molecule has 0 bridgehead atoms. The summed E-state index contributed by atoms with van der Waals surface area (Å²) in [7, 11) is 0. The van der Waals surface area contributed by atoms with Crippen LogP contribution in [0.15, 0.2) is 61.3 Å². The number of pyridine rings is 1. The third kappa shape index (κ3) is 4.48. The number of hydrogen-bond acceptors (Lipinski definition) is 8. The molecule has 0 amide bonds. The van der Waals surface area contributed by atoms with E-state index >= 15 is 0 Å². The molecule has 0 saturated heterocycles. The fraction of sp³-hybridized carbons (Fsp3) is 0.217. The first kappa shape index (κ1) is 19.0. The number of rotatable bonds is 8. The molecule has 3 heterocycles. The Morgan fingerprint density at radius 1 is 0.968 bits per heavy atom. The second-order valence-electron chi connectivity index (χ2n) is 7.39. The Balaban J connectivity index is 1.19. The van der Waals surface area contributed by atoms with Gasteiger partial charge in [0.2, 0.25) is 5.88 Å². The molecule has 31 heavy (non-hydrogen) atoms. The van der Waals surface area contributed by atoms with E-state index in [1.54, 1.807) is 30.7 Å². The van der Waals surface area contributed by atoms with Crippen molar-refractivity contribution in [1.82, 2.24) is 24.9 Å². The number of benzene rings is 1. The first-order valence-electron chi connectivity index (χ1n) is 10.2. The molecule has 0 atom stereocenters. The van der Waals surface area contributed by atoms with Gasteiger partial charge >= 0.3 is 0 Å². The summed E-state index contributed by atoms with van der Waals surface area (Å²) >= 11 is 0. The zero-order valence-corrected chi connectivity index (χ0v) is 16.7. The number of ketones is 1. The molecule has 4 aromatic rings. The average Bonchev–Trinajstić information content (AvgIpc) is 3.66. The lowest BCUT2D eigenvalue weighted by molar-refractivity contribution is 0.0967. The van der Waals surface area contributed by atoms with Gasteiger partial charge in [-0.25, -0.2) is 24.9 Å². The molecule has 0 spiro atoms. The number of carbonyl (C=O) groups is 1. The zero-order chi connectivity index (χ0) is 21.0.